The lowest BCUT2D eigenvalue weighted by Crippen LogP contribution is -2.08. The number of anilines is 2. The summed E-state index contributed by atoms with van der Waals surface area (Å²) in [5, 5.41) is 7.98. The van der Waals surface area contributed by atoms with Crippen molar-refractivity contribution < 1.29 is 13.2 Å². The molecule has 27 heavy (non-hydrogen) atoms. The van der Waals surface area contributed by atoms with Gasteiger partial charge in [-0.15, -0.1) is 0 Å². The molecule has 6 nitrogen and oxygen atoms in total. The summed E-state index contributed by atoms with van der Waals surface area (Å²) in [6, 6.07) is 8.62. The van der Waals surface area contributed by atoms with E-state index in [9.17, 15) is 13.2 Å². The third kappa shape index (κ3) is 3.23. The van der Waals surface area contributed by atoms with E-state index >= 15 is 0 Å². The summed E-state index contributed by atoms with van der Waals surface area (Å²) < 4.78 is 42.3. The molecular weight excluding hydrogens is 357 g/mol. The van der Waals surface area contributed by atoms with Gasteiger partial charge in [0.15, 0.2) is 0 Å². The van der Waals surface area contributed by atoms with Crippen LogP contribution >= 0.6 is 0 Å². The van der Waals surface area contributed by atoms with Crippen LogP contribution in [0.15, 0.2) is 48.8 Å². The first-order valence-corrected chi connectivity index (χ1v) is 8.11. The summed E-state index contributed by atoms with van der Waals surface area (Å²) >= 11 is 0. The summed E-state index contributed by atoms with van der Waals surface area (Å²) in [6.07, 6.45) is -0.870. The van der Waals surface area contributed by atoms with Crippen molar-refractivity contribution in [3.63, 3.8) is 0 Å². The number of alkyl halides is 3. The molecule has 4 rings (SSSR count). The summed E-state index contributed by atoms with van der Waals surface area (Å²) in [5.74, 6) is 0.731. The number of rotatable bonds is 3. The summed E-state index contributed by atoms with van der Waals surface area (Å²) in [4.78, 5) is 8.98. The van der Waals surface area contributed by atoms with Crippen molar-refractivity contribution in [2.45, 2.75) is 13.1 Å². The molecule has 1 aromatic carbocycles. The lowest BCUT2D eigenvalue weighted by Gasteiger charge is -2.12. The minimum Gasteiger partial charge on any atom is -0.339 e. The van der Waals surface area contributed by atoms with Crippen molar-refractivity contribution >= 4 is 22.5 Å². The standard InChI is InChI=1S/C18H15F3N6/c1-11-6-9-27(25-11)17-23-15(14-7-8-26(2)16(14)24-17)22-13-5-3-4-12(10-13)18(19,20)21/h3-10H,1-2H3,(H,22,23,24). The third-order valence-corrected chi connectivity index (χ3v) is 4.09. The van der Waals surface area contributed by atoms with Gasteiger partial charge in [-0.3, -0.25) is 0 Å². The Bertz CT molecular complexity index is 1130. The second-order valence-corrected chi connectivity index (χ2v) is 6.14. The first kappa shape index (κ1) is 17.1. The maximum Gasteiger partial charge on any atom is 0.416 e. The van der Waals surface area contributed by atoms with E-state index in [1.54, 1.807) is 12.3 Å². The lowest BCUT2D eigenvalue weighted by molar-refractivity contribution is -0.137. The van der Waals surface area contributed by atoms with Crippen LogP contribution < -0.4 is 5.32 Å². The van der Waals surface area contributed by atoms with E-state index in [-0.39, 0.29) is 5.69 Å². The zero-order chi connectivity index (χ0) is 19.2. The number of aryl methyl sites for hydroxylation is 2. The minimum atomic E-state index is -4.41. The van der Waals surface area contributed by atoms with Gasteiger partial charge < -0.3 is 9.88 Å². The fourth-order valence-corrected chi connectivity index (χ4v) is 2.76. The molecule has 0 aliphatic carbocycles. The van der Waals surface area contributed by atoms with Crippen LogP contribution in [0.1, 0.15) is 11.3 Å². The first-order chi connectivity index (χ1) is 12.8. The molecule has 0 saturated carbocycles. The monoisotopic (exact) mass is 372 g/mol. The Hall–Kier alpha value is -3.36. The van der Waals surface area contributed by atoms with Crippen LogP contribution in [-0.4, -0.2) is 24.3 Å². The highest BCUT2D eigenvalue weighted by Crippen LogP contribution is 2.32. The van der Waals surface area contributed by atoms with Crippen LogP contribution in [-0.2, 0) is 13.2 Å². The number of nitrogens with zero attached hydrogens (tertiary/aromatic N) is 5. The van der Waals surface area contributed by atoms with Gasteiger partial charge in [0.05, 0.1) is 16.6 Å². The van der Waals surface area contributed by atoms with E-state index in [0.29, 0.717) is 22.8 Å². The molecule has 0 atom stereocenters. The maximum atomic E-state index is 13.0. The zero-order valence-electron chi connectivity index (χ0n) is 14.5. The highest BCUT2D eigenvalue weighted by atomic mass is 19.4. The van der Waals surface area contributed by atoms with E-state index in [4.69, 9.17) is 0 Å². The van der Waals surface area contributed by atoms with Gasteiger partial charge in [0.25, 0.3) is 5.95 Å². The lowest BCUT2D eigenvalue weighted by atomic mass is 10.2. The number of hydrogen-bond donors (Lipinski definition) is 1. The summed E-state index contributed by atoms with van der Waals surface area (Å²) in [7, 11) is 1.83. The first-order valence-electron chi connectivity index (χ1n) is 8.11. The number of fused-ring (bicyclic) bond motifs is 1. The molecule has 0 fully saturated rings. The second-order valence-electron chi connectivity index (χ2n) is 6.14. The van der Waals surface area contributed by atoms with E-state index in [1.807, 2.05) is 36.9 Å². The van der Waals surface area contributed by atoms with Crippen LogP contribution in [0, 0.1) is 6.92 Å². The Labute approximate surface area is 152 Å². The van der Waals surface area contributed by atoms with Gasteiger partial charge in [0, 0.05) is 25.1 Å². The molecule has 0 aliphatic rings. The molecule has 9 heteroatoms. The number of nitrogens with one attached hydrogen (secondary N) is 1. The van der Waals surface area contributed by atoms with Crippen LogP contribution in [0.3, 0.4) is 0 Å². The Morgan fingerprint density at radius 1 is 1.04 bits per heavy atom. The van der Waals surface area contributed by atoms with Gasteiger partial charge in [-0.1, -0.05) is 6.07 Å². The maximum absolute atomic E-state index is 13.0. The smallest absolute Gasteiger partial charge is 0.339 e. The van der Waals surface area contributed by atoms with Crippen molar-refractivity contribution in [1.82, 2.24) is 24.3 Å². The van der Waals surface area contributed by atoms with E-state index in [1.165, 1.54) is 10.7 Å². The number of benzene rings is 1. The molecule has 0 bridgehead atoms. The highest BCUT2D eigenvalue weighted by molar-refractivity contribution is 5.90. The Morgan fingerprint density at radius 2 is 1.85 bits per heavy atom. The van der Waals surface area contributed by atoms with Gasteiger partial charge in [-0.05, 0) is 37.3 Å². The summed E-state index contributed by atoms with van der Waals surface area (Å²) in [5.41, 5.74) is 1.01. The quantitative estimate of drug-likeness (QED) is 0.585. The van der Waals surface area contributed by atoms with Gasteiger partial charge in [0.1, 0.15) is 11.5 Å². The molecule has 0 spiro atoms. The van der Waals surface area contributed by atoms with Crippen LogP contribution in [0.4, 0.5) is 24.7 Å². The molecule has 0 aliphatic heterocycles. The fraction of sp³-hybridized carbons (Fsp3) is 0.167. The largest absolute Gasteiger partial charge is 0.416 e. The van der Waals surface area contributed by atoms with Crippen LogP contribution in [0.25, 0.3) is 17.0 Å². The van der Waals surface area contributed by atoms with E-state index in [2.05, 4.69) is 20.4 Å². The summed E-state index contributed by atoms with van der Waals surface area (Å²) in [6.45, 7) is 1.85. The normalized spacial score (nSPS) is 11.9. The Balaban J connectivity index is 1.81. The third-order valence-electron chi connectivity index (χ3n) is 4.09. The number of hydrogen-bond acceptors (Lipinski definition) is 4. The molecule has 0 radical (unpaired) electrons. The second kappa shape index (κ2) is 6.11. The van der Waals surface area contributed by atoms with Crippen molar-refractivity contribution in [1.29, 1.82) is 0 Å². The number of halogens is 3. The van der Waals surface area contributed by atoms with Gasteiger partial charge in [-0.2, -0.15) is 28.2 Å². The molecule has 3 heterocycles. The Morgan fingerprint density at radius 3 is 2.56 bits per heavy atom. The Kier molecular flexibility index (Phi) is 3.87. The highest BCUT2D eigenvalue weighted by Gasteiger charge is 2.30. The molecule has 4 aromatic rings. The topological polar surface area (TPSA) is 60.6 Å². The van der Waals surface area contributed by atoms with Gasteiger partial charge in [0.2, 0.25) is 0 Å². The van der Waals surface area contributed by atoms with Gasteiger partial charge >= 0.3 is 6.18 Å². The molecule has 0 saturated heterocycles. The SMILES string of the molecule is Cc1ccn(-c2nc(Nc3cccc(C(F)(F)F)c3)c3ccn(C)c3n2)n1. The van der Waals surface area contributed by atoms with Crippen molar-refractivity contribution in [3.05, 3.63) is 60.0 Å². The van der Waals surface area contributed by atoms with Gasteiger partial charge in [-0.25, -0.2) is 4.68 Å². The van der Waals surface area contributed by atoms with Crippen molar-refractivity contribution in [2.75, 3.05) is 5.32 Å². The predicted octanol–water partition coefficient (Wildman–Crippen LogP) is 4.22. The van der Waals surface area contributed by atoms with E-state index < -0.39 is 11.7 Å². The van der Waals surface area contributed by atoms with Crippen molar-refractivity contribution in [2.24, 2.45) is 7.05 Å². The van der Waals surface area contributed by atoms with Crippen LogP contribution in [0.5, 0.6) is 0 Å². The average molecular weight is 372 g/mol. The van der Waals surface area contributed by atoms with Crippen LogP contribution in [0.2, 0.25) is 0 Å². The average Bonchev–Trinajstić information content (AvgIpc) is 3.21. The zero-order valence-corrected chi connectivity index (χ0v) is 14.5. The molecule has 3 aromatic heterocycles. The van der Waals surface area contributed by atoms with Crippen molar-refractivity contribution in [3.8, 4) is 5.95 Å². The molecule has 0 unspecified atom stereocenters. The molecule has 138 valence electrons. The van der Waals surface area contributed by atoms with E-state index in [0.717, 1.165) is 17.8 Å². The minimum absolute atomic E-state index is 0.288. The number of aromatic nitrogens is 5. The molecular formula is C18H15F3N6. The fourth-order valence-electron chi connectivity index (χ4n) is 2.76. The molecule has 0 amide bonds. The predicted molar refractivity (Wildman–Crippen MR) is 95.1 cm³/mol. The molecule has 1 N–H and O–H groups in total.